The summed E-state index contributed by atoms with van der Waals surface area (Å²) in [6.45, 7) is 30.8. The Hall–Kier alpha value is 0.686. The van der Waals surface area contributed by atoms with Gasteiger partial charge in [-0.3, -0.25) is 0 Å². The van der Waals surface area contributed by atoms with Crippen molar-refractivity contribution in [3.63, 3.8) is 0 Å². The van der Waals surface area contributed by atoms with Crippen LogP contribution in [0.15, 0.2) is 24.7 Å². The van der Waals surface area contributed by atoms with Gasteiger partial charge in [-0.15, -0.1) is 0 Å². The average molecular weight is 685 g/mol. The predicted octanol–water partition coefficient (Wildman–Crippen LogP) is 8.52. The molecule has 0 aliphatic heterocycles. The van der Waals surface area contributed by atoms with Crippen LogP contribution in [0.4, 0.5) is 0 Å². The zero-order valence-electron chi connectivity index (χ0n) is 25.4. The number of rotatable bonds is 10. The number of nitrogens with zero attached hydrogens (tertiary/aromatic N) is 4. The summed E-state index contributed by atoms with van der Waals surface area (Å²) in [5.74, 6) is 1.86. The van der Waals surface area contributed by atoms with Crippen LogP contribution >= 0.6 is 0 Å². The van der Waals surface area contributed by atoms with Crippen LogP contribution in [0.3, 0.4) is 0 Å². The van der Waals surface area contributed by atoms with Crippen molar-refractivity contribution in [2.45, 2.75) is 55.4 Å². The smallest absolute Gasteiger partial charge is 0.663 e. The van der Waals surface area contributed by atoms with E-state index in [-0.39, 0.29) is 63.9 Å². The van der Waals surface area contributed by atoms with E-state index in [0.717, 1.165) is 64.2 Å². The number of hydrogen-bond donors (Lipinski definition) is 2. The molecule has 2 fully saturated rings. The van der Waals surface area contributed by atoms with Gasteiger partial charge in [0.1, 0.15) is 0 Å². The Kier molecular flexibility index (Phi) is 64.2. The molecule has 0 unspecified atom stereocenters. The largest absolute Gasteiger partial charge is 3.00 e. The summed E-state index contributed by atoms with van der Waals surface area (Å²) < 4.78 is 0. The molecule has 0 heterocycles. The van der Waals surface area contributed by atoms with Gasteiger partial charge >= 0.3 is 52.4 Å². The molecule has 38 heavy (non-hydrogen) atoms. The average Bonchev–Trinajstić information content (AvgIpc) is 3.58. The van der Waals surface area contributed by atoms with Gasteiger partial charge < -0.3 is 31.5 Å². The molecule has 2 aliphatic rings. The Morgan fingerprint density at radius 3 is 0.684 bits per heavy atom. The van der Waals surface area contributed by atoms with Crippen LogP contribution in [-0.4, -0.2) is 62.6 Å². The first-order chi connectivity index (χ1) is 17.3. The SMILES string of the molecule is C=C(O)[C]1[CH][CH][CH][CH]1.C=C(O)[C]1[CH][CH][CH][CH]1.CC[N-]CC.CC[N-]CC.CC[N-]CC.CC[N-]CC.[Zr+3].[Zr+3]. The molecule has 212 valence electrons. The van der Waals surface area contributed by atoms with Gasteiger partial charge in [-0.05, 0) is 51.4 Å². The molecule has 6 nitrogen and oxygen atoms in total. The first kappa shape index (κ1) is 51.4. The molecule has 0 aromatic carbocycles. The van der Waals surface area contributed by atoms with Gasteiger partial charge in [0.25, 0.3) is 0 Å². The summed E-state index contributed by atoms with van der Waals surface area (Å²) in [6.07, 6.45) is 14.7. The van der Waals surface area contributed by atoms with Crippen LogP contribution in [0, 0.1) is 63.2 Å². The van der Waals surface area contributed by atoms with E-state index in [0.29, 0.717) is 0 Å². The van der Waals surface area contributed by atoms with Crippen molar-refractivity contribution in [3.8, 4) is 0 Å². The van der Waals surface area contributed by atoms with Crippen LogP contribution in [0.25, 0.3) is 21.3 Å². The van der Waals surface area contributed by atoms with Gasteiger partial charge in [0.2, 0.25) is 0 Å². The molecule has 0 saturated heterocycles. The minimum atomic E-state index is 0. The molecule has 0 amide bonds. The van der Waals surface area contributed by atoms with Gasteiger partial charge in [0.05, 0.1) is 11.5 Å². The zero-order valence-corrected chi connectivity index (χ0v) is 30.3. The van der Waals surface area contributed by atoms with Crippen LogP contribution in [-0.2, 0) is 52.4 Å². The van der Waals surface area contributed by atoms with Gasteiger partial charge in [-0.2, -0.15) is 52.4 Å². The Morgan fingerprint density at radius 2 is 0.632 bits per heavy atom. The number of hydrogen-bond acceptors (Lipinski definition) is 2. The number of aliphatic hydroxyl groups excluding tert-OH is 2. The molecule has 0 spiro atoms. The van der Waals surface area contributed by atoms with Crippen molar-refractivity contribution >= 4 is 0 Å². The van der Waals surface area contributed by atoms with Crippen LogP contribution in [0.5, 0.6) is 0 Å². The summed E-state index contributed by atoms with van der Waals surface area (Å²) in [7, 11) is 0. The minimum Gasteiger partial charge on any atom is -0.663 e. The summed E-state index contributed by atoms with van der Waals surface area (Å²) in [6, 6.07) is 0. The summed E-state index contributed by atoms with van der Waals surface area (Å²) in [4.78, 5) is 0. The topological polar surface area (TPSA) is 96.9 Å². The Morgan fingerprint density at radius 1 is 0.474 bits per heavy atom. The fourth-order valence-corrected chi connectivity index (χ4v) is 2.03. The second-order valence-electron chi connectivity index (χ2n) is 6.66. The Bertz CT molecular complexity index is 361. The molecule has 2 rings (SSSR count). The van der Waals surface area contributed by atoms with E-state index in [4.69, 9.17) is 10.2 Å². The third kappa shape index (κ3) is 49.6. The van der Waals surface area contributed by atoms with Crippen molar-refractivity contribution in [2.24, 2.45) is 0 Å². The summed E-state index contributed by atoms with van der Waals surface area (Å²) in [5, 5.41) is 33.3. The van der Waals surface area contributed by atoms with E-state index in [1.54, 1.807) is 0 Å². The summed E-state index contributed by atoms with van der Waals surface area (Å²) >= 11 is 0. The number of allylic oxidation sites excluding steroid dienone is 2. The van der Waals surface area contributed by atoms with Gasteiger partial charge in [0, 0.05) is 11.8 Å². The Labute approximate surface area is 277 Å². The second-order valence-corrected chi connectivity index (χ2v) is 6.66. The van der Waals surface area contributed by atoms with E-state index >= 15 is 0 Å². The second kappa shape index (κ2) is 47.5. The normalized spacial score (nSPS) is 13.5. The Balaban J connectivity index is -0.0000000815. The van der Waals surface area contributed by atoms with E-state index in [9.17, 15) is 0 Å². The van der Waals surface area contributed by atoms with Crippen molar-refractivity contribution in [3.05, 3.63) is 109 Å². The molecular weight excluding hydrogens is 631 g/mol. The molecule has 0 atom stereocenters. The maximum absolute atomic E-state index is 8.72. The molecule has 0 aromatic heterocycles. The van der Waals surface area contributed by atoms with E-state index < -0.39 is 0 Å². The van der Waals surface area contributed by atoms with E-state index in [1.165, 1.54) is 0 Å². The van der Waals surface area contributed by atoms with Gasteiger partial charge in [0.15, 0.2) is 0 Å². The van der Waals surface area contributed by atoms with Crippen molar-refractivity contribution in [1.82, 2.24) is 0 Å². The fraction of sp³-hybridized carbons (Fsp3) is 0.533. The first-order valence-electron chi connectivity index (χ1n) is 13.0. The quantitative estimate of drug-likeness (QED) is 0.226. The van der Waals surface area contributed by atoms with Crippen molar-refractivity contribution < 1.29 is 62.6 Å². The predicted molar refractivity (Wildman–Crippen MR) is 162 cm³/mol. The molecule has 0 aromatic rings. The third-order valence-corrected chi connectivity index (χ3v) is 3.78. The minimum absolute atomic E-state index is 0. The third-order valence-electron chi connectivity index (χ3n) is 3.78. The fourth-order valence-electron chi connectivity index (χ4n) is 2.03. The van der Waals surface area contributed by atoms with Gasteiger partial charge in [-0.1, -0.05) is 68.5 Å². The molecule has 2 saturated carbocycles. The van der Waals surface area contributed by atoms with E-state index in [2.05, 4.69) is 34.4 Å². The van der Waals surface area contributed by atoms with Gasteiger partial charge in [-0.25, -0.2) is 0 Å². The maximum Gasteiger partial charge on any atom is 3.00 e. The molecule has 2 N–H and O–H groups in total. The van der Waals surface area contributed by atoms with Crippen LogP contribution in [0.2, 0.25) is 0 Å². The number of aliphatic hydroxyl groups is 2. The molecule has 0 bridgehead atoms. The molecule has 12 radical (unpaired) electrons. The monoisotopic (exact) mass is 682 g/mol. The molecular formula is C30H54N4O2Zr2+2. The zero-order chi connectivity index (χ0) is 28.5. The van der Waals surface area contributed by atoms with Crippen LogP contribution < -0.4 is 0 Å². The van der Waals surface area contributed by atoms with Crippen LogP contribution in [0.1, 0.15) is 55.4 Å². The van der Waals surface area contributed by atoms with Crippen molar-refractivity contribution in [1.29, 1.82) is 0 Å². The standard InChI is InChI=1S/2C7H7O.4C4H10N.2Zr/c2*1-6(8)7-4-2-3-5-7;4*1-3-5-4-2;;/h2*2-5,8H,1H2;4*3-4H2,1-2H3;;/q;;4*-1;2*+3. The summed E-state index contributed by atoms with van der Waals surface area (Å²) in [5.41, 5.74) is 0. The van der Waals surface area contributed by atoms with Crippen molar-refractivity contribution in [2.75, 3.05) is 52.4 Å². The molecule has 8 heteroatoms. The molecule has 2 aliphatic carbocycles. The first-order valence-corrected chi connectivity index (χ1v) is 13.0. The van der Waals surface area contributed by atoms with E-state index in [1.807, 2.05) is 107 Å². The maximum atomic E-state index is 8.72.